The van der Waals surface area contributed by atoms with Gasteiger partial charge in [0.15, 0.2) is 12.1 Å². The third-order valence-electron chi connectivity index (χ3n) is 1.19. The zero-order chi connectivity index (χ0) is 7.56. The smallest absolute Gasteiger partial charge is 0.156 e. The van der Waals surface area contributed by atoms with Gasteiger partial charge in [0, 0.05) is 0 Å². The summed E-state index contributed by atoms with van der Waals surface area (Å²) in [4.78, 5) is 10.1. The normalized spacial score (nSPS) is 9.30. The molecule has 3 heteroatoms. The maximum Gasteiger partial charge on any atom is 0.156 e. The first-order valence-corrected chi connectivity index (χ1v) is 2.75. The Morgan fingerprint density at radius 3 is 2.70 bits per heavy atom. The van der Waals surface area contributed by atoms with Crippen molar-refractivity contribution >= 4 is 12.0 Å². The van der Waals surface area contributed by atoms with E-state index in [0.29, 0.717) is 6.29 Å². The third kappa shape index (κ3) is 0.978. The molecule has 1 aromatic carbocycles. The molecule has 2 N–H and O–H groups in total. The first kappa shape index (κ1) is 6.74. The van der Waals surface area contributed by atoms with Gasteiger partial charge in [-0.05, 0) is 12.1 Å². The molecule has 0 fully saturated rings. The molecule has 0 aliphatic carbocycles. The summed E-state index contributed by atoms with van der Waals surface area (Å²) in [6.07, 6.45) is 0.436. The van der Waals surface area contributed by atoms with Crippen LogP contribution in [0.2, 0.25) is 0 Å². The highest BCUT2D eigenvalue weighted by molar-refractivity contribution is 5.77. The van der Waals surface area contributed by atoms with Crippen molar-refractivity contribution < 1.29 is 9.18 Å². The number of halogens is 1. The van der Waals surface area contributed by atoms with Crippen LogP contribution in [0.4, 0.5) is 10.1 Å². The molecule has 0 unspecified atom stereocenters. The number of carbonyl (C=O) groups is 1. The maximum atomic E-state index is 12.6. The van der Waals surface area contributed by atoms with Gasteiger partial charge in [0.2, 0.25) is 0 Å². The van der Waals surface area contributed by atoms with Gasteiger partial charge in [-0.1, -0.05) is 6.07 Å². The Bertz CT molecular complexity index is 260. The van der Waals surface area contributed by atoms with E-state index in [1.54, 1.807) is 0 Å². The summed E-state index contributed by atoms with van der Waals surface area (Å²) in [7, 11) is 0. The Morgan fingerprint density at radius 1 is 1.50 bits per heavy atom. The Kier molecular flexibility index (Phi) is 1.67. The molecule has 0 aromatic heterocycles. The SMILES string of the molecule is Nc1cccc(C=O)c1F. The number of nitrogens with two attached hydrogens (primary N) is 1. The van der Waals surface area contributed by atoms with Gasteiger partial charge in [-0.3, -0.25) is 4.79 Å². The molecule has 1 rings (SSSR count). The zero-order valence-electron chi connectivity index (χ0n) is 5.17. The predicted molar refractivity (Wildman–Crippen MR) is 36.2 cm³/mol. The van der Waals surface area contributed by atoms with Crippen LogP contribution in [0.25, 0.3) is 0 Å². The van der Waals surface area contributed by atoms with E-state index >= 15 is 0 Å². The van der Waals surface area contributed by atoms with Gasteiger partial charge in [-0.15, -0.1) is 0 Å². The molecule has 10 heavy (non-hydrogen) atoms. The molecule has 0 saturated heterocycles. The van der Waals surface area contributed by atoms with Gasteiger partial charge in [0.05, 0.1) is 11.3 Å². The fraction of sp³-hybridized carbons (Fsp3) is 0. The Morgan fingerprint density at radius 2 is 2.20 bits per heavy atom. The highest BCUT2D eigenvalue weighted by atomic mass is 19.1. The van der Waals surface area contributed by atoms with E-state index in [-0.39, 0.29) is 11.3 Å². The summed E-state index contributed by atoms with van der Waals surface area (Å²) in [5.41, 5.74) is 5.17. The van der Waals surface area contributed by atoms with Crippen LogP contribution in [-0.4, -0.2) is 6.29 Å². The predicted octanol–water partition coefficient (Wildman–Crippen LogP) is 1.22. The minimum absolute atomic E-state index is 0.000000000000000222. The van der Waals surface area contributed by atoms with Gasteiger partial charge in [0.25, 0.3) is 0 Å². The van der Waals surface area contributed by atoms with E-state index in [9.17, 15) is 9.18 Å². The minimum atomic E-state index is -0.641. The molecule has 0 bridgehead atoms. The lowest BCUT2D eigenvalue weighted by atomic mass is 10.2. The molecule has 0 heterocycles. The van der Waals surface area contributed by atoms with E-state index in [0.717, 1.165) is 0 Å². The Balaban J connectivity index is 3.27. The van der Waals surface area contributed by atoms with Crippen molar-refractivity contribution in [2.45, 2.75) is 0 Å². The highest BCUT2D eigenvalue weighted by Gasteiger charge is 2.01. The number of carbonyl (C=O) groups excluding carboxylic acids is 1. The molecule has 0 spiro atoms. The van der Waals surface area contributed by atoms with E-state index in [1.807, 2.05) is 0 Å². The molecule has 0 aliphatic rings. The van der Waals surface area contributed by atoms with Crippen LogP contribution < -0.4 is 5.73 Å². The number of hydrogen-bond acceptors (Lipinski definition) is 2. The van der Waals surface area contributed by atoms with Crippen molar-refractivity contribution in [3.05, 3.63) is 29.6 Å². The van der Waals surface area contributed by atoms with Crippen molar-refractivity contribution in [2.75, 3.05) is 5.73 Å². The van der Waals surface area contributed by atoms with Crippen LogP contribution in [0.15, 0.2) is 18.2 Å². The van der Waals surface area contributed by atoms with Crippen molar-refractivity contribution in [1.29, 1.82) is 0 Å². The van der Waals surface area contributed by atoms with Gasteiger partial charge < -0.3 is 5.73 Å². The second-order valence-electron chi connectivity index (χ2n) is 1.87. The van der Waals surface area contributed by atoms with Crippen LogP contribution in [-0.2, 0) is 0 Å². The lowest BCUT2D eigenvalue weighted by Crippen LogP contribution is -1.94. The maximum absolute atomic E-state index is 12.6. The fourth-order valence-corrected chi connectivity index (χ4v) is 0.659. The molecule has 52 valence electrons. The first-order valence-electron chi connectivity index (χ1n) is 2.75. The van der Waals surface area contributed by atoms with Crippen LogP contribution in [0.5, 0.6) is 0 Å². The monoisotopic (exact) mass is 139 g/mol. The Labute approximate surface area is 57.5 Å². The average Bonchev–Trinajstić information content (AvgIpc) is 1.95. The fourth-order valence-electron chi connectivity index (χ4n) is 0.659. The van der Waals surface area contributed by atoms with E-state index in [2.05, 4.69) is 0 Å². The Hall–Kier alpha value is -1.38. The lowest BCUT2D eigenvalue weighted by molar-refractivity contribution is 0.112. The summed E-state index contributed by atoms with van der Waals surface area (Å²) in [5.74, 6) is -0.641. The topological polar surface area (TPSA) is 43.1 Å². The second-order valence-corrected chi connectivity index (χ2v) is 1.87. The number of benzene rings is 1. The van der Waals surface area contributed by atoms with Crippen molar-refractivity contribution in [3.63, 3.8) is 0 Å². The molecule has 0 amide bonds. The largest absolute Gasteiger partial charge is 0.396 e. The zero-order valence-corrected chi connectivity index (χ0v) is 5.17. The summed E-state index contributed by atoms with van der Waals surface area (Å²) in [5, 5.41) is 0. The quantitative estimate of drug-likeness (QED) is 0.469. The second kappa shape index (κ2) is 2.47. The molecule has 0 aliphatic heterocycles. The minimum Gasteiger partial charge on any atom is -0.396 e. The molecule has 0 saturated carbocycles. The standard InChI is InChI=1S/C7H6FNO/c8-7-5(4-10)2-1-3-6(7)9/h1-4H,9H2. The summed E-state index contributed by atoms with van der Waals surface area (Å²) < 4.78 is 12.6. The van der Waals surface area contributed by atoms with Crippen LogP contribution >= 0.6 is 0 Å². The lowest BCUT2D eigenvalue weighted by Gasteiger charge is -1.95. The van der Waals surface area contributed by atoms with E-state index < -0.39 is 5.82 Å². The van der Waals surface area contributed by atoms with Crippen LogP contribution in [0, 0.1) is 5.82 Å². The number of anilines is 1. The van der Waals surface area contributed by atoms with Gasteiger partial charge in [-0.25, -0.2) is 4.39 Å². The molecule has 1 aromatic rings. The summed E-state index contributed by atoms with van der Waals surface area (Å²) >= 11 is 0. The average molecular weight is 139 g/mol. The number of rotatable bonds is 1. The summed E-state index contributed by atoms with van der Waals surface area (Å²) in [6, 6.07) is 4.31. The summed E-state index contributed by atoms with van der Waals surface area (Å²) in [6.45, 7) is 0. The van der Waals surface area contributed by atoms with Gasteiger partial charge in [0.1, 0.15) is 0 Å². The highest BCUT2D eigenvalue weighted by Crippen LogP contribution is 2.11. The van der Waals surface area contributed by atoms with Gasteiger partial charge >= 0.3 is 0 Å². The van der Waals surface area contributed by atoms with Crippen LogP contribution in [0.3, 0.4) is 0 Å². The molecule has 2 nitrogen and oxygen atoms in total. The van der Waals surface area contributed by atoms with Crippen molar-refractivity contribution in [2.24, 2.45) is 0 Å². The van der Waals surface area contributed by atoms with Crippen molar-refractivity contribution in [3.8, 4) is 0 Å². The van der Waals surface area contributed by atoms with Crippen molar-refractivity contribution in [1.82, 2.24) is 0 Å². The number of nitrogen functional groups attached to an aromatic ring is 1. The first-order chi connectivity index (χ1) is 4.75. The van der Waals surface area contributed by atoms with Gasteiger partial charge in [-0.2, -0.15) is 0 Å². The number of hydrogen-bond donors (Lipinski definition) is 1. The van der Waals surface area contributed by atoms with Crippen LogP contribution in [0.1, 0.15) is 10.4 Å². The molecule has 0 atom stereocenters. The molecule has 0 radical (unpaired) electrons. The molecular weight excluding hydrogens is 133 g/mol. The molecular formula is C7H6FNO. The van der Waals surface area contributed by atoms with E-state index in [4.69, 9.17) is 5.73 Å². The van der Waals surface area contributed by atoms with E-state index in [1.165, 1.54) is 18.2 Å². The third-order valence-corrected chi connectivity index (χ3v) is 1.19. The number of aldehydes is 1.